The Morgan fingerprint density at radius 3 is 2.00 bits per heavy atom. The zero-order valence-electron chi connectivity index (χ0n) is 6.71. The fourth-order valence-corrected chi connectivity index (χ4v) is 1.06. The molecule has 0 bridgehead atoms. The molecular formula is C6H5N3O4S. The molecule has 0 heterocycles. The van der Waals surface area contributed by atoms with Crippen molar-refractivity contribution < 1.29 is 9.85 Å². The fourth-order valence-electron chi connectivity index (χ4n) is 0.874. The van der Waals surface area contributed by atoms with E-state index in [2.05, 4.69) is 12.6 Å². The van der Waals surface area contributed by atoms with Crippen LogP contribution in [-0.4, -0.2) is 9.85 Å². The molecule has 7 nitrogen and oxygen atoms in total. The summed E-state index contributed by atoms with van der Waals surface area (Å²) in [7, 11) is 0. The first-order valence-electron chi connectivity index (χ1n) is 3.34. The first-order chi connectivity index (χ1) is 6.43. The molecule has 0 aliphatic rings. The van der Waals surface area contributed by atoms with Gasteiger partial charge in [-0.25, -0.2) is 0 Å². The van der Waals surface area contributed by atoms with E-state index in [9.17, 15) is 20.2 Å². The third-order valence-corrected chi connectivity index (χ3v) is 1.90. The second-order valence-corrected chi connectivity index (χ2v) is 2.90. The lowest BCUT2D eigenvalue weighted by atomic mass is 10.2. The maximum absolute atomic E-state index is 10.4. The number of hydrogen-bond acceptors (Lipinski definition) is 6. The van der Waals surface area contributed by atoms with Crippen LogP contribution in [0.2, 0.25) is 0 Å². The lowest BCUT2D eigenvalue weighted by molar-refractivity contribution is -0.422. The van der Waals surface area contributed by atoms with Gasteiger partial charge in [-0.2, -0.15) is 0 Å². The van der Waals surface area contributed by atoms with E-state index < -0.39 is 21.2 Å². The predicted octanol–water partition coefficient (Wildman–Crippen LogP) is 1.37. The Bertz CT molecular complexity index is 381. The summed E-state index contributed by atoms with van der Waals surface area (Å²) >= 11 is 3.83. The van der Waals surface area contributed by atoms with E-state index in [0.717, 1.165) is 12.1 Å². The van der Waals surface area contributed by atoms with Crippen molar-refractivity contribution in [3.8, 4) is 0 Å². The molecule has 0 atom stereocenters. The molecule has 0 aromatic heterocycles. The largest absolute Gasteiger partial charge is 0.398 e. The van der Waals surface area contributed by atoms with Crippen LogP contribution >= 0.6 is 12.6 Å². The van der Waals surface area contributed by atoms with Crippen LogP contribution < -0.4 is 5.73 Å². The Hall–Kier alpha value is -1.83. The molecule has 74 valence electrons. The van der Waals surface area contributed by atoms with Crippen LogP contribution in [0.1, 0.15) is 0 Å². The maximum Gasteiger partial charge on any atom is 0.348 e. The van der Waals surface area contributed by atoms with Gasteiger partial charge in [-0.15, -0.1) is 12.6 Å². The number of nitro groups is 2. The monoisotopic (exact) mass is 215 g/mol. The SMILES string of the molecule is Nc1cc([N+](=O)[O-])c([N+](=O)[O-])cc1S. The highest BCUT2D eigenvalue weighted by molar-refractivity contribution is 7.80. The topological polar surface area (TPSA) is 112 Å². The number of anilines is 1. The van der Waals surface area contributed by atoms with Gasteiger partial charge in [-0.1, -0.05) is 0 Å². The van der Waals surface area contributed by atoms with E-state index in [1.807, 2.05) is 0 Å². The van der Waals surface area contributed by atoms with Gasteiger partial charge in [-0.05, 0) is 0 Å². The fraction of sp³-hybridized carbons (Fsp3) is 0. The van der Waals surface area contributed by atoms with E-state index in [0.29, 0.717) is 0 Å². The van der Waals surface area contributed by atoms with E-state index >= 15 is 0 Å². The van der Waals surface area contributed by atoms with Crippen LogP contribution in [0.25, 0.3) is 0 Å². The second-order valence-electron chi connectivity index (χ2n) is 2.41. The highest BCUT2D eigenvalue weighted by Crippen LogP contribution is 2.32. The molecule has 0 aliphatic heterocycles. The van der Waals surface area contributed by atoms with Crippen molar-refractivity contribution in [2.24, 2.45) is 0 Å². The maximum atomic E-state index is 10.4. The van der Waals surface area contributed by atoms with E-state index in [-0.39, 0.29) is 10.6 Å². The number of hydrogen-bond donors (Lipinski definition) is 2. The van der Waals surface area contributed by atoms with Gasteiger partial charge in [-0.3, -0.25) is 20.2 Å². The van der Waals surface area contributed by atoms with Crippen LogP contribution in [0, 0.1) is 20.2 Å². The van der Waals surface area contributed by atoms with Crippen LogP contribution in [-0.2, 0) is 0 Å². The summed E-state index contributed by atoms with van der Waals surface area (Å²) in [4.78, 5) is 19.3. The van der Waals surface area contributed by atoms with Crippen LogP contribution in [0.5, 0.6) is 0 Å². The van der Waals surface area contributed by atoms with E-state index in [1.54, 1.807) is 0 Å². The van der Waals surface area contributed by atoms with Gasteiger partial charge in [0.2, 0.25) is 0 Å². The van der Waals surface area contributed by atoms with Crippen LogP contribution in [0.3, 0.4) is 0 Å². The van der Waals surface area contributed by atoms with Crippen LogP contribution in [0.4, 0.5) is 17.1 Å². The number of rotatable bonds is 2. The summed E-state index contributed by atoms with van der Waals surface area (Å²) in [5.74, 6) is 0. The normalized spacial score (nSPS) is 9.79. The Morgan fingerprint density at radius 1 is 1.14 bits per heavy atom. The third kappa shape index (κ3) is 1.74. The average molecular weight is 215 g/mol. The molecule has 0 radical (unpaired) electrons. The first kappa shape index (κ1) is 10.3. The molecule has 0 saturated carbocycles. The molecule has 8 heteroatoms. The summed E-state index contributed by atoms with van der Waals surface area (Å²) in [6, 6.07) is 1.87. The molecule has 1 aromatic rings. The average Bonchev–Trinajstić information content (AvgIpc) is 2.08. The quantitative estimate of drug-likeness (QED) is 0.335. The minimum atomic E-state index is -0.859. The minimum Gasteiger partial charge on any atom is -0.398 e. The van der Waals surface area contributed by atoms with Gasteiger partial charge in [0, 0.05) is 17.0 Å². The number of nitrogen functional groups attached to an aromatic ring is 1. The highest BCUT2D eigenvalue weighted by Gasteiger charge is 2.25. The minimum absolute atomic E-state index is 0.0330. The van der Waals surface area contributed by atoms with Crippen molar-refractivity contribution in [1.82, 2.24) is 0 Å². The molecule has 0 saturated heterocycles. The summed E-state index contributed by atoms with van der Waals surface area (Å²) in [6.07, 6.45) is 0. The number of thiol groups is 1. The summed E-state index contributed by atoms with van der Waals surface area (Å²) in [6.45, 7) is 0. The van der Waals surface area contributed by atoms with Gasteiger partial charge in [0.25, 0.3) is 0 Å². The second kappa shape index (κ2) is 3.50. The lowest BCUT2D eigenvalue weighted by Gasteiger charge is -1.99. The zero-order valence-corrected chi connectivity index (χ0v) is 7.60. The van der Waals surface area contributed by atoms with Crippen molar-refractivity contribution in [3.05, 3.63) is 32.4 Å². The Balaban J connectivity index is 3.46. The van der Waals surface area contributed by atoms with Gasteiger partial charge in [0.1, 0.15) is 0 Å². The standard InChI is InChI=1S/C6H5N3O4S/c7-3-1-4(8(10)11)5(9(12)13)2-6(3)14/h1-2,14H,7H2. The molecule has 1 rings (SSSR count). The third-order valence-electron chi connectivity index (χ3n) is 1.52. The Kier molecular flexibility index (Phi) is 2.56. The molecular weight excluding hydrogens is 210 g/mol. The molecule has 0 unspecified atom stereocenters. The lowest BCUT2D eigenvalue weighted by Crippen LogP contribution is -1.98. The van der Waals surface area contributed by atoms with Gasteiger partial charge in [0.05, 0.1) is 15.5 Å². The first-order valence-corrected chi connectivity index (χ1v) is 3.79. The number of nitro benzene ring substituents is 2. The molecule has 0 amide bonds. The smallest absolute Gasteiger partial charge is 0.348 e. The molecule has 14 heavy (non-hydrogen) atoms. The van der Waals surface area contributed by atoms with E-state index in [4.69, 9.17) is 5.73 Å². The van der Waals surface area contributed by atoms with E-state index in [1.165, 1.54) is 0 Å². The molecule has 0 fully saturated rings. The molecule has 2 N–H and O–H groups in total. The molecule has 1 aromatic carbocycles. The van der Waals surface area contributed by atoms with Crippen molar-refractivity contribution in [2.75, 3.05) is 5.73 Å². The Labute approximate surface area is 83.2 Å². The van der Waals surface area contributed by atoms with Crippen LogP contribution in [0.15, 0.2) is 17.0 Å². The van der Waals surface area contributed by atoms with Crippen molar-refractivity contribution in [2.45, 2.75) is 4.90 Å². The predicted molar refractivity (Wildman–Crippen MR) is 51.4 cm³/mol. The highest BCUT2D eigenvalue weighted by atomic mass is 32.1. The van der Waals surface area contributed by atoms with Gasteiger partial charge >= 0.3 is 11.4 Å². The summed E-state index contributed by atoms with van der Waals surface area (Å²) in [5.41, 5.74) is 4.11. The number of nitrogens with zero attached hydrogens (tertiary/aromatic N) is 2. The van der Waals surface area contributed by atoms with Gasteiger partial charge < -0.3 is 5.73 Å². The number of benzene rings is 1. The molecule has 0 aliphatic carbocycles. The summed E-state index contributed by atoms with van der Waals surface area (Å²) in [5, 5.41) is 20.8. The number of nitrogens with two attached hydrogens (primary N) is 1. The molecule has 0 spiro atoms. The Morgan fingerprint density at radius 2 is 1.57 bits per heavy atom. The summed E-state index contributed by atoms with van der Waals surface area (Å²) < 4.78 is 0. The zero-order chi connectivity index (χ0) is 10.9. The van der Waals surface area contributed by atoms with Crippen molar-refractivity contribution >= 4 is 29.7 Å². The van der Waals surface area contributed by atoms with Gasteiger partial charge in [0.15, 0.2) is 0 Å². The van der Waals surface area contributed by atoms with Crippen molar-refractivity contribution in [1.29, 1.82) is 0 Å². The van der Waals surface area contributed by atoms with Crippen molar-refractivity contribution in [3.63, 3.8) is 0 Å².